The Kier molecular flexibility index (Phi) is 4.24. The van der Waals surface area contributed by atoms with E-state index in [-0.39, 0.29) is 5.56 Å². The number of ether oxygens (including phenoxy) is 1. The van der Waals surface area contributed by atoms with Crippen molar-refractivity contribution in [2.24, 2.45) is 5.92 Å². The number of benzene rings is 1. The normalized spacial score (nSPS) is 10.4. The van der Waals surface area contributed by atoms with Crippen LogP contribution in [0.2, 0.25) is 0 Å². The van der Waals surface area contributed by atoms with Gasteiger partial charge in [0.2, 0.25) is 0 Å². The fourth-order valence-electron chi connectivity index (χ4n) is 1.82. The zero-order valence-corrected chi connectivity index (χ0v) is 11.8. The second kappa shape index (κ2) is 6.09. The monoisotopic (exact) mass is 285 g/mol. The number of H-pyrrole nitrogens is 1. The van der Waals surface area contributed by atoms with Gasteiger partial charge in [-0.25, -0.2) is 4.79 Å². The number of rotatable bonds is 5. The van der Waals surface area contributed by atoms with Crippen LogP contribution in [0.5, 0.6) is 5.75 Å². The number of nitrogens with one attached hydrogen (secondary N) is 1. The van der Waals surface area contributed by atoms with Crippen LogP contribution in [0, 0.1) is 17.2 Å². The maximum atomic E-state index is 11.1. The lowest BCUT2D eigenvalue weighted by Gasteiger charge is -2.11. The first-order valence-corrected chi connectivity index (χ1v) is 6.47. The standard InChI is InChI=1S/C15H15N3O3/c1-9(2)8-21-13-4-3-10(5-11(13)6-16)14-12(15(19)20)7-17-18-14/h3-5,7,9H,8H2,1-2H3,(H,17,18)(H,19,20). The van der Waals surface area contributed by atoms with Crippen molar-refractivity contribution in [3.63, 3.8) is 0 Å². The summed E-state index contributed by atoms with van der Waals surface area (Å²) in [6.07, 6.45) is 1.24. The van der Waals surface area contributed by atoms with Gasteiger partial charge in [-0.05, 0) is 24.1 Å². The second-order valence-electron chi connectivity index (χ2n) is 4.99. The fraction of sp³-hybridized carbons (Fsp3) is 0.267. The third-order valence-electron chi connectivity index (χ3n) is 2.83. The van der Waals surface area contributed by atoms with E-state index in [1.807, 2.05) is 13.8 Å². The van der Waals surface area contributed by atoms with Crippen LogP contribution < -0.4 is 4.74 Å². The van der Waals surface area contributed by atoms with Gasteiger partial charge >= 0.3 is 5.97 Å². The first kappa shape index (κ1) is 14.6. The lowest BCUT2D eigenvalue weighted by atomic mass is 10.0. The highest BCUT2D eigenvalue weighted by Crippen LogP contribution is 2.27. The zero-order valence-electron chi connectivity index (χ0n) is 11.8. The summed E-state index contributed by atoms with van der Waals surface area (Å²) in [5.41, 5.74) is 1.38. The molecule has 0 spiro atoms. The maximum absolute atomic E-state index is 11.1. The van der Waals surface area contributed by atoms with Gasteiger partial charge in [0, 0.05) is 5.56 Å². The number of aromatic nitrogens is 2. The molecule has 0 aliphatic heterocycles. The second-order valence-corrected chi connectivity index (χ2v) is 4.99. The summed E-state index contributed by atoms with van der Waals surface area (Å²) in [7, 11) is 0. The topological polar surface area (TPSA) is 99.0 Å². The number of carboxylic acids is 1. The van der Waals surface area contributed by atoms with Crippen molar-refractivity contribution in [1.82, 2.24) is 10.2 Å². The Morgan fingerprint density at radius 2 is 2.29 bits per heavy atom. The third kappa shape index (κ3) is 3.20. The molecule has 2 N–H and O–H groups in total. The first-order valence-electron chi connectivity index (χ1n) is 6.47. The van der Waals surface area contributed by atoms with Crippen LogP contribution in [0.4, 0.5) is 0 Å². The molecule has 2 aromatic rings. The third-order valence-corrected chi connectivity index (χ3v) is 2.83. The molecule has 108 valence electrons. The Hall–Kier alpha value is -2.81. The molecule has 1 heterocycles. The van der Waals surface area contributed by atoms with E-state index in [9.17, 15) is 10.1 Å². The smallest absolute Gasteiger partial charge is 0.339 e. The van der Waals surface area contributed by atoms with Crippen LogP contribution in [0.1, 0.15) is 29.8 Å². The van der Waals surface area contributed by atoms with Gasteiger partial charge in [-0.2, -0.15) is 10.4 Å². The first-order chi connectivity index (χ1) is 10.0. The highest BCUT2D eigenvalue weighted by Gasteiger charge is 2.15. The highest BCUT2D eigenvalue weighted by molar-refractivity contribution is 5.94. The van der Waals surface area contributed by atoms with E-state index in [2.05, 4.69) is 16.3 Å². The Bertz CT molecular complexity index is 698. The van der Waals surface area contributed by atoms with Gasteiger partial charge < -0.3 is 9.84 Å². The quantitative estimate of drug-likeness (QED) is 0.879. The molecule has 0 radical (unpaired) electrons. The van der Waals surface area contributed by atoms with Crippen molar-refractivity contribution in [3.05, 3.63) is 35.5 Å². The predicted octanol–water partition coefficient (Wildman–Crippen LogP) is 2.68. The Labute approximate surface area is 122 Å². The highest BCUT2D eigenvalue weighted by atomic mass is 16.5. The molecule has 6 nitrogen and oxygen atoms in total. The molecule has 0 atom stereocenters. The molecule has 0 aliphatic rings. The van der Waals surface area contributed by atoms with E-state index >= 15 is 0 Å². The van der Waals surface area contributed by atoms with Crippen LogP contribution in [0.25, 0.3) is 11.3 Å². The molecule has 1 aromatic heterocycles. The number of carbonyl (C=O) groups is 1. The van der Waals surface area contributed by atoms with Gasteiger partial charge in [-0.3, -0.25) is 5.10 Å². The van der Waals surface area contributed by atoms with Crippen molar-refractivity contribution >= 4 is 5.97 Å². The lowest BCUT2D eigenvalue weighted by molar-refractivity contribution is 0.0698. The average molecular weight is 285 g/mol. The summed E-state index contributed by atoms with van der Waals surface area (Å²) < 4.78 is 5.57. The molecule has 0 saturated heterocycles. The number of hydrogen-bond acceptors (Lipinski definition) is 4. The Balaban J connectivity index is 2.37. The molecule has 0 unspecified atom stereocenters. The molecular formula is C15H15N3O3. The molecule has 0 fully saturated rings. The minimum atomic E-state index is -1.07. The Morgan fingerprint density at radius 1 is 1.52 bits per heavy atom. The molecule has 0 aliphatic carbocycles. The molecular weight excluding hydrogens is 270 g/mol. The van der Waals surface area contributed by atoms with Gasteiger partial charge in [-0.1, -0.05) is 13.8 Å². The summed E-state index contributed by atoms with van der Waals surface area (Å²) in [5, 5.41) is 24.7. The van der Waals surface area contributed by atoms with Crippen LogP contribution in [0.15, 0.2) is 24.4 Å². The molecule has 6 heteroatoms. The van der Waals surface area contributed by atoms with Gasteiger partial charge in [0.25, 0.3) is 0 Å². The molecule has 21 heavy (non-hydrogen) atoms. The number of nitriles is 1. The van der Waals surface area contributed by atoms with E-state index in [1.165, 1.54) is 6.20 Å². The van der Waals surface area contributed by atoms with E-state index in [1.54, 1.807) is 18.2 Å². The molecule has 0 saturated carbocycles. The molecule has 0 amide bonds. The van der Waals surface area contributed by atoms with Gasteiger partial charge in [0.05, 0.1) is 24.1 Å². The molecule has 1 aromatic carbocycles. The average Bonchev–Trinajstić information content (AvgIpc) is 2.94. The maximum Gasteiger partial charge on any atom is 0.339 e. The number of aromatic amines is 1. The van der Waals surface area contributed by atoms with Crippen molar-refractivity contribution in [2.45, 2.75) is 13.8 Å². The summed E-state index contributed by atoms with van der Waals surface area (Å²) >= 11 is 0. The largest absolute Gasteiger partial charge is 0.492 e. The SMILES string of the molecule is CC(C)COc1ccc(-c2[nH]ncc2C(=O)O)cc1C#N. The van der Waals surface area contributed by atoms with Crippen molar-refractivity contribution < 1.29 is 14.6 Å². The number of aromatic carboxylic acids is 1. The van der Waals surface area contributed by atoms with Crippen LogP contribution in [0.3, 0.4) is 0 Å². The minimum Gasteiger partial charge on any atom is -0.492 e. The lowest BCUT2D eigenvalue weighted by Crippen LogP contribution is -2.05. The van der Waals surface area contributed by atoms with Crippen LogP contribution in [-0.2, 0) is 0 Å². The Morgan fingerprint density at radius 3 is 2.90 bits per heavy atom. The molecule has 0 bridgehead atoms. The van der Waals surface area contributed by atoms with E-state index in [0.29, 0.717) is 35.1 Å². The number of carboxylic acid groups (broad SMARTS) is 1. The van der Waals surface area contributed by atoms with E-state index in [4.69, 9.17) is 9.84 Å². The summed E-state index contributed by atoms with van der Waals surface area (Å²) in [5.74, 6) is -0.230. The van der Waals surface area contributed by atoms with Crippen molar-refractivity contribution in [3.8, 4) is 23.1 Å². The summed E-state index contributed by atoms with van der Waals surface area (Å²) in [6.45, 7) is 4.55. The number of hydrogen-bond donors (Lipinski definition) is 2. The van der Waals surface area contributed by atoms with Gasteiger partial charge in [0.1, 0.15) is 17.4 Å². The van der Waals surface area contributed by atoms with E-state index < -0.39 is 5.97 Å². The minimum absolute atomic E-state index is 0.0646. The van der Waals surface area contributed by atoms with E-state index in [0.717, 1.165) is 0 Å². The van der Waals surface area contributed by atoms with Crippen molar-refractivity contribution in [1.29, 1.82) is 5.26 Å². The molecule has 2 rings (SSSR count). The van der Waals surface area contributed by atoms with Gasteiger partial charge in [-0.15, -0.1) is 0 Å². The summed E-state index contributed by atoms with van der Waals surface area (Å²) in [4.78, 5) is 11.1. The van der Waals surface area contributed by atoms with Crippen molar-refractivity contribution in [2.75, 3.05) is 6.61 Å². The number of nitrogens with zero attached hydrogens (tertiary/aromatic N) is 2. The predicted molar refractivity (Wildman–Crippen MR) is 76.0 cm³/mol. The van der Waals surface area contributed by atoms with Crippen LogP contribution in [-0.4, -0.2) is 27.9 Å². The van der Waals surface area contributed by atoms with Crippen LogP contribution >= 0.6 is 0 Å². The summed E-state index contributed by atoms with van der Waals surface area (Å²) in [6, 6.07) is 7.03. The fourth-order valence-corrected chi connectivity index (χ4v) is 1.82. The van der Waals surface area contributed by atoms with Gasteiger partial charge in [0.15, 0.2) is 0 Å². The zero-order chi connectivity index (χ0) is 15.4.